The Morgan fingerprint density at radius 1 is 1.39 bits per heavy atom. The Kier molecular flexibility index (Phi) is 4.67. The lowest BCUT2D eigenvalue weighted by Crippen LogP contribution is -2.25. The summed E-state index contributed by atoms with van der Waals surface area (Å²) in [6.07, 6.45) is 4.78. The molecular formula is C15H18O3. The van der Waals surface area contributed by atoms with E-state index in [0.29, 0.717) is 0 Å². The van der Waals surface area contributed by atoms with Crippen molar-refractivity contribution in [1.82, 2.24) is 0 Å². The summed E-state index contributed by atoms with van der Waals surface area (Å²) in [4.78, 5) is 11.0. The van der Waals surface area contributed by atoms with E-state index in [9.17, 15) is 4.79 Å². The lowest BCUT2D eigenvalue weighted by Gasteiger charge is -2.24. The zero-order chi connectivity index (χ0) is 12.8. The fourth-order valence-corrected chi connectivity index (χ4v) is 1.94. The van der Waals surface area contributed by atoms with E-state index in [-0.39, 0.29) is 18.5 Å². The first-order chi connectivity index (χ1) is 8.79. The Morgan fingerprint density at radius 2 is 2.17 bits per heavy atom. The van der Waals surface area contributed by atoms with Crippen molar-refractivity contribution in [1.29, 1.82) is 0 Å². The van der Waals surface area contributed by atoms with E-state index in [4.69, 9.17) is 9.47 Å². The number of carbonyl (C=O) groups excluding carboxylic acids is 1. The molecule has 1 aromatic rings. The average molecular weight is 246 g/mol. The van der Waals surface area contributed by atoms with Crippen molar-refractivity contribution in [2.45, 2.75) is 32.2 Å². The van der Waals surface area contributed by atoms with Crippen LogP contribution in [0.3, 0.4) is 0 Å². The lowest BCUT2D eigenvalue weighted by atomic mass is 10.1. The van der Waals surface area contributed by atoms with Gasteiger partial charge < -0.3 is 9.47 Å². The predicted octanol–water partition coefficient (Wildman–Crippen LogP) is 3.03. The normalized spacial score (nSPS) is 20.9. The number of ether oxygens (including phenoxy) is 2. The second kappa shape index (κ2) is 6.47. The van der Waals surface area contributed by atoms with Gasteiger partial charge in [-0.05, 0) is 24.1 Å². The molecule has 0 N–H and O–H groups in total. The average Bonchev–Trinajstić information content (AvgIpc) is 2.42. The third kappa shape index (κ3) is 3.52. The Labute approximate surface area is 107 Å². The Balaban J connectivity index is 2.03. The summed E-state index contributed by atoms with van der Waals surface area (Å²) in [6, 6.07) is 10.1. The maximum absolute atomic E-state index is 11.0. The first-order valence-corrected chi connectivity index (χ1v) is 6.32. The van der Waals surface area contributed by atoms with Crippen LogP contribution >= 0.6 is 0 Å². The predicted molar refractivity (Wildman–Crippen MR) is 69.1 cm³/mol. The molecule has 0 saturated carbocycles. The van der Waals surface area contributed by atoms with E-state index in [1.807, 2.05) is 18.2 Å². The van der Waals surface area contributed by atoms with Crippen LogP contribution in [0.2, 0.25) is 0 Å². The monoisotopic (exact) mass is 246 g/mol. The summed E-state index contributed by atoms with van der Waals surface area (Å²) >= 11 is 0. The molecule has 0 aliphatic carbocycles. The molecule has 0 amide bonds. The number of rotatable bonds is 5. The molecule has 2 atom stereocenters. The molecule has 1 aliphatic heterocycles. The maximum atomic E-state index is 11.0. The molecule has 0 bridgehead atoms. The van der Waals surface area contributed by atoms with Crippen LogP contribution in [0.4, 0.5) is 0 Å². The second-order valence-electron chi connectivity index (χ2n) is 4.33. The van der Waals surface area contributed by atoms with Gasteiger partial charge in [-0.15, -0.1) is 0 Å². The molecule has 96 valence electrons. The number of benzene rings is 1. The van der Waals surface area contributed by atoms with Gasteiger partial charge in [-0.1, -0.05) is 43.7 Å². The molecule has 0 aromatic heterocycles. The third-order valence-corrected chi connectivity index (χ3v) is 2.85. The van der Waals surface area contributed by atoms with E-state index in [2.05, 4.69) is 19.1 Å². The van der Waals surface area contributed by atoms with E-state index < -0.39 is 6.29 Å². The SMILES string of the molecule is CCC[C@H](OC1C=CC(=O)CO1)c1ccccc1. The summed E-state index contributed by atoms with van der Waals surface area (Å²) in [5, 5.41) is 0. The lowest BCUT2D eigenvalue weighted by molar-refractivity contribution is -0.159. The zero-order valence-electron chi connectivity index (χ0n) is 10.5. The van der Waals surface area contributed by atoms with E-state index in [0.717, 1.165) is 18.4 Å². The summed E-state index contributed by atoms with van der Waals surface area (Å²) < 4.78 is 11.2. The molecule has 3 nitrogen and oxygen atoms in total. The number of hydrogen-bond donors (Lipinski definition) is 0. The fraction of sp³-hybridized carbons (Fsp3) is 0.400. The minimum atomic E-state index is -0.417. The van der Waals surface area contributed by atoms with Gasteiger partial charge in [0.05, 0.1) is 6.10 Å². The van der Waals surface area contributed by atoms with Gasteiger partial charge in [0.25, 0.3) is 0 Å². The van der Waals surface area contributed by atoms with Crippen LogP contribution < -0.4 is 0 Å². The van der Waals surface area contributed by atoms with Crippen molar-refractivity contribution >= 4 is 5.78 Å². The molecule has 0 saturated heterocycles. The van der Waals surface area contributed by atoms with Crippen molar-refractivity contribution in [2.75, 3.05) is 6.61 Å². The topological polar surface area (TPSA) is 35.5 Å². The van der Waals surface area contributed by atoms with E-state index in [1.54, 1.807) is 6.08 Å². The van der Waals surface area contributed by atoms with Gasteiger partial charge in [-0.25, -0.2) is 0 Å². The van der Waals surface area contributed by atoms with Crippen molar-refractivity contribution in [3.63, 3.8) is 0 Å². The Bertz CT molecular complexity index is 411. The minimum absolute atomic E-state index is 0.0124. The minimum Gasteiger partial charge on any atom is -0.341 e. The second-order valence-corrected chi connectivity index (χ2v) is 4.33. The zero-order valence-corrected chi connectivity index (χ0v) is 10.5. The molecule has 0 radical (unpaired) electrons. The fourth-order valence-electron chi connectivity index (χ4n) is 1.94. The number of ketones is 1. The number of hydrogen-bond acceptors (Lipinski definition) is 3. The van der Waals surface area contributed by atoms with Crippen LogP contribution in [-0.2, 0) is 14.3 Å². The highest BCUT2D eigenvalue weighted by atomic mass is 16.7. The standard InChI is InChI=1S/C15H18O3/c1-2-6-14(12-7-4-3-5-8-12)18-15-10-9-13(16)11-17-15/h3-5,7-10,14-15H,2,6,11H2,1H3/t14-,15?/m0/s1. The van der Waals surface area contributed by atoms with Gasteiger partial charge in [0.1, 0.15) is 6.61 Å². The van der Waals surface area contributed by atoms with Crippen LogP contribution in [0, 0.1) is 0 Å². The van der Waals surface area contributed by atoms with Gasteiger partial charge in [0.15, 0.2) is 12.1 Å². The molecule has 1 aromatic carbocycles. The Morgan fingerprint density at radius 3 is 2.78 bits per heavy atom. The highest BCUT2D eigenvalue weighted by Crippen LogP contribution is 2.25. The molecule has 0 fully saturated rings. The molecule has 1 aliphatic rings. The summed E-state index contributed by atoms with van der Waals surface area (Å²) in [7, 11) is 0. The van der Waals surface area contributed by atoms with Crippen LogP contribution in [-0.4, -0.2) is 18.7 Å². The molecule has 0 spiro atoms. The molecule has 18 heavy (non-hydrogen) atoms. The Hall–Kier alpha value is -1.45. The molecular weight excluding hydrogens is 228 g/mol. The van der Waals surface area contributed by atoms with Crippen LogP contribution in [0.1, 0.15) is 31.4 Å². The van der Waals surface area contributed by atoms with E-state index in [1.165, 1.54) is 6.08 Å². The van der Waals surface area contributed by atoms with Gasteiger partial charge in [-0.2, -0.15) is 0 Å². The first-order valence-electron chi connectivity index (χ1n) is 6.32. The highest BCUT2D eigenvalue weighted by molar-refractivity contribution is 5.91. The van der Waals surface area contributed by atoms with Crippen molar-refractivity contribution in [3.05, 3.63) is 48.0 Å². The summed E-state index contributed by atoms with van der Waals surface area (Å²) in [6.45, 7) is 2.23. The van der Waals surface area contributed by atoms with Crippen molar-refractivity contribution in [2.24, 2.45) is 0 Å². The van der Waals surface area contributed by atoms with Crippen LogP contribution in [0.15, 0.2) is 42.5 Å². The molecule has 3 heteroatoms. The largest absolute Gasteiger partial charge is 0.341 e. The number of carbonyl (C=O) groups is 1. The highest BCUT2D eigenvalue weighted by Gasteiger charge is 2.19. The summed E-state index contributed by atoms with van der Waals surface area (Å²) in [5.74, 6) is -0.0124. The van der Waals surface area contributed by atoms with Crippen LogP contribution in [0.5, 0.6) is 0 Å². The molecule has 2 rings (SSSR count). The molecule has 1 heterocycles. The van der Waals surface area contributed by atoms with E-state index >= 15 is 0 Å². The van der Waals surface area contributed by atoms with Gasteiger partial charge in [0.2, 0.25) is 0 Å². The van der Waals surface area contributed by atoms with Gasteiger partial charge in [0, 0.05) is 0 Å². The van der Waals surface area contributed by atoms with Gasteiger partial charge >= 0.3 is 0 Å². The molecule has 1 unspecified atom stereocenters. The first kappa shape index (κ1) is 13.0. The smallest absolute Gasteiger partial charge is 0.181 e. The van der Waals surface area contributed by atoms with Crippen molar-refractivity contribution in [3.8, 4) is 0 Å². The maximum Gasteiger partial charge on any atom is 0.181 e. The van der Waals surface area contributed by atoms with Gasteiger partial charge in [-0.3, -0.25) is 4.79 Å². The quantitative estimate of drug-likeness (QED) is 0.801. The summed E-state index contributed by atoms with van der Waals surface area (Å²) in [5.41, 5.74) is 1.15. The van der Waals surface area contributed by atoms with Crippen molar-refractivity contribution < 1.29 is 14.3 Å². The third-order valence-electron chi connectivity index (χ3n) is 2.85. The van der Waals surface area contributed by atoms with Crippen LogP contribution in [0.25, 0.3) is 0 Å².